The van der Waals surface area contributed by atoms with Crippen LogP contribution in [0.2, 0.25) is 0 Å². The summed E-state index contributed by atoms with van der Waals surface area (Å²) in [5.74, 6) is -0.437. The molecule has 0 spiro atoms. The van der Waals surface area contributed by atoms with Crippen LogP contribution >= 0.6 is 0 Å². The van der Waals surface area contributed by atoms with Crippen LogP contribution in [0, 0.1) is 5.92 Å². The number of sulfone groups is 1. The van der Waals surface area contributed by atoms with E-state index in [1.807, 2.05) is 20.8 Å². The molecule has 7 heteroatoms. The average Bonchev–Trinajstić information content (AvgIpc) is 2.79. The van der Waals surface area contributed by atoms with E-state index in [-0.39, 0.29) is 47.2 Å². The maximum absolute atomic E-state index is 12.1. The second kappa shape index (κ2) is 5.02. The maximum atomic E-state index is 12.1. The molecule has 0 aromatic heterocycles. The van der Waals surface area contributed by atoms with Crippen molar-refractivity contribution in [1.29, 1.82) is 0 Å². The molecule has 1 N–H and O–H groups in total. The molecule has 0 saturated carbocycles. The zero-order valence-corrected chi connectivity index (χ0v) is 13.0. The molecule has 2 atom stereocenters. The van der Waals surface area contributed by atoms with E-state index in [1.54, 1.807) is 4.90 Å². The topological polar surface area (TPSA) is 83.6 Å². The van der Waals surface area contributed by atoms with Gasteiger partial charge in [-0.1, -0.05) is 0 Å². The van der Waals surface area contributed by atoms with Gasteiger partial charge < -0.3 is 10.2 Å². The highest BCUT2D eigenvalue weighted by Gasteiger charge is 2.42. The molecule has 2 rings (SSSR count). The number of nitrogens with one attached hydrogen (secondary N) is 1. The van der Waals surface area contributed by atoms with Crippen molar-refractivity contribution in [1.82, 2.24) is 10.2 Å². The van der Waals surface area contributed by atoms with Gasteiger partial charge in [0.15, 0.2) is 9.84 Å². The number of nitrogens with zero attached hydrogens (tertiary/aromatic N) is 1. The van der Waals surface area contributed by atoms with Crippen LogP contribution in [-0.2, 0) is 19.4 Å². The minimum Gasteiger partial charge on any atom is -0.351 e. The summed E-state index contributed by atoms with van der Waals surface area (Å²) in [6.07, 6.45) is 0.667. The molecule has 0 bridgehead atoms. The Morgan fingerprint density at radius 3 is 2.50 bits per heavy atom. The highest BCUT2D eigenvalue weighted by Crippen LogP contribution is 2.26. The number of likely N-dealkylation sites (tertiary alicyclic amines) is 1. The normalized spacial score (nSPS) is 29.8. The number of rotatable bonds is 2. The van der Waals surface area contributed by atoms with Crippen LogP contribution in [0.15, 0.2) is 0 Å². The third-order valence-corrected chi connectivity index (χ3v) is 5.43. The molecule has 20 heavy (non-hydrogen) atoms. The number of carbonyl (C=O) groups excluding carboxylic acids is 2. The summed E-state index contributed by atoms with van der Waals surface area (Å²) in [5.41, 5.74) is -0.329. The van der Waals surface area contributed by atoms with E-state index in [1.165, 1.54) is 0 Å². The second-order valence-corrected chi connectivity index (χ2v) is 8.97. The van der Waals surface area contributed by atoms with Crippen molar-refractivity contribution in [2.45, 2.75) is 45.2 Å². The molecule has 2 fully saturated rings. The first-order valence-electron chi connectivity index (χ1n) is 6.89. The fourth-order valence-electron chi connectivity index (χ4n) is 2.75. The van der Waals surface area contributed by atoms with Crippen molar-refractivity contribution in [2.75, 3.05) is 18.1 Å². The lowest BCUT2D eigenvalue weighted by Gasteiger charge is -2.25. The van der Waals surface area contributed by atoms with Gasteiger partial charge in [0.2, 0.25) is 11.8 Å². The van der Waals surface area contributed by atoms with E-state index >= 15 is 0 Å². The molecule has 114 valence electrons. The van der Waals surface area contributed by atoms with Gasteiger partial charge in [-0.15, -0.1) is 0 Å². The molecule has 2 amide bonds. The van der Waals surface area contributed by atoms with Crippen LogP contribution in [0.1, 0.15) is 33.6 Å². The molecular formula is C13H22N2O4S. The van der Waals surface area contributed by atoms with E-state index in [9.17, 15) is 18.0 Å². The summed E-state index contributed by atoms with van der Waals surface area (Å²) in [5, 5.41) is 2.87. The standard InChI is InChI=1S/C13H22N2O4S/c1-13(2,3)14-12(17)9-6-11(16)15(7-9)10-4-5-20(18,19)8-10/h9-10H,4-8H2,1-3H3,(H,14,17). The second-order valence-electron chi connectivity index (χ2n) is 6.74. The molecule has 2 heterocycles. The van der Waals surface area contributed by atoms with Crippen LogP contribution in [0.4, 0.5) is 0 Å². The molecule has 0 radical (unpaired) electrons. The monoisotopic (exact) mass is 302 g/mol. The van der Waals surface area contributed by atoms with Crippen LogP contribution in [0.25, 0.3) is 0 Å². The average molecular weight is 302 g/mol. The number of hydrogen-bond acceptors (Lipinski definition) is 4. The lowest BCUT2D eigenvalue weighted by molar-refractivity contribution is -0.130. The van der Waals surface area contributed by atoms with Gasteiger partial charge in [-0.2, -0.15) is 0 Å². The lowest BCUT2D eigenvalue weighted by atomic mass is 10.0. The van der Waals surface area contributed by atoms with E-state index in [0.717, 1.165) is 0 Å². The Hall–Kier alpha value is -1.11. The molecule has 2 saturated heterocycles. The fourth-order valence-corrected chi connectivity index (χ4v) is 4.48. The largest absolute Gasteiger partial charge is 0.351 e. The highest BCUT2D eigenvalue weighted by atomic mass is 32.2. The molecule has 2 unspecified atom stereocenters. The predicted octanol–water partition coefficient (Wildman–Crippen LogP) is -0.0633. The van der Waals surface area contributed by atoms with Gasteiger partial charge in [-0.25, -0.2) is 8.42 Å². The first-order chi connectivity index (χ1) is 9.07. The van der Waals surface area contributed by atoms with Gasteiger partial charge in [0.25, 0.3) is 0 Å². The van der Waals surface area contributed by atoms with Crippen molar-refractivity contribution < 1.29 is 18.0 Å². The summed E-state index contributed by atoms with van der Waals surface area (Å²) in [7, 11) is -3.02. The van der Waals surface area contributed by atoms with Gasteiger partial charge in [0, 0.05) is 24.5 Å². The van der Waals surface area contributed by atoms with E-state index < -0.39 is 9.84 Å². The van der Waals surface area contributed by atoms with Crippen LogP contribution in [0.5, 0.6) is 0 Å². The third-order valence-electron chi connectivity index (χ3n) is 3.68. The van der Waals surface area contributed by atoms with Crippen molar-refractivity contribution in [2.24, 2.45) is 5.92 Å². The fraction of sp³-hybridized carbons (Fsp3) is 0.846. The third kappa shape index (κ3) is 3.50. The number of hydrogen-bond donors (Lipinski definition) is 1. The zero-order chi connectivity index (χ0) is 15.1. The predicted molar refractivity (Wildman–Crippen MR) is 74.8 cm³/mol. The summed E-state index contributed by atoms with van der Waals surface area (Å²) >= 11 is 0. The minimum absolute atomic E-state index is 0.0341. The van der Waals surface area contributed by atoms with Gasteiger partial charge >= 0.3 is 0 Å². The number of amides is 2. The van der Waals surface area contributed by atoms with Crippen molar-refractivity contribution in [3.05, 3.63) is 0 Å². The van der Waals surface area contributed by atoms with E-state index in [2.05, 4.69) is 5.32 Å². The lowest BCUT2D eigenvalue weighted by Crippen LogP contribution is -2.45. The van der Waals surface area contributed by atoms with Gasteiger partial charge in [0.1, 0.15) is 0 Å². The van der Waals surface area contributed by atoms with Gasteiger partial charge in [-0.05, 0) is 27.2 Å². The van der Waals surface area contributed by atoms with E-state index in [0.29, 0.717) is 13.0 Å². The molecule has 0 aromatic carbocycles. The van der Waals surface area contributed by atoms with Crippen LogP contribution in [-0.4, -0.2) is 54.8 Å². The van der Waals surface area contributed by atoms with Crippen LogP contribution in [0.3, 0.4) is 0 Å². The first-order valence-corrected chi connectivity index (χ1v) is 8.71. The molecule has 6 nitrogen and oxygen atoms in total. The maximum Gasteiger partial charge on any atom is 0.225 e. The quantitative estimate of drug-likeness (QED) is 0.774. The first kappa shape index (κ1) is 15.3. The Kier molecular flexibility index (Phi) is 3.83. The van der Waals surface area contributed by atoms with Crippen molar-refractivity contribution in [3.63, 3.8) is 0 Å². The molecule has 2 aliphatic rings. The summed E-state index contributed by atoms with van der Waals surface area (Å²) in [6.45, 7) is 6.01. The molecule has 2 aliphatic heterocycles. The van der Waals surface area contributed by atoms with Gasteiger partial charge in [-0.3, -0.25) is 9.59 Å². The van der Waals surface area contributed by atoms with Crippen LogP contribution < -0.4 is 5.32 Å². The van der Waals surface area contributed by atoms with Gasteiger partial charge in [0.05, 0.1) is 17.4 Å². The Morgan fingerprint density at radius 2 is 2.00 bits per heavy atom. The SMILES string of the molecule is CC(C)(C)NC(=O)C1CC(=O)N(C2CCS(=O)(=O)C2)C1. The molecular weight excluding hydrogens is 280 g/mol. The minimum atomic E-state index is -3.02. The zero-order valence-electron chi connectivity index (χ0n) is 12.2. The number of carbonyl (C=O) groups is 2. The summed E-state index contributed by atoms with van der Waals surface area (Å²) < 4.78 is 23.0. The van der Waals surface area contributed by atoms with E-state index in [4.69, 9.17) is 0 Å². The Bertz CT molecular complexity index is 521. The van der Waals surface area contributed by atoms with Crippen molar-refractivity contribution >= 4 is 21.7 Å². The summed E-state index contributed by atoms with van der Waals surface area (Å²) in [6, 6.07) is -0.250. The molecule has 0 aliphatic carbocycles. The Labute approximate surface area is 119 Å². The molecule has 0 aromatic rings. The smallest absolute Gasteiger partial charge is 0.225 e. The highest BCUT2D eigenvalue weighted by molar-refractivity contribution is 7.91. The van der Waals surface area contributed by atoms with Crippen molar-refractivity contribution in [3.8, 4) is 0 Å². The Morgan fingerprint density at radius 1 is 1.35 bits per heavy atom. The summed E-state index contributed by atoms with van der Waals surface area (Å²) in [4.78, 5) is 25.7. The Balaban J connectivity index is 1.99.